The number of carbonyl (C=O) groups excluding carboxylic acids is 1. The molecule has 0 fully saturated rings. The van der Waals surface area contributed by atoms with Crippen LogP contribution in [0.25, 0.3) is 10.9 Å². The molecule has 1 N–H and O–H groups in total. The normalized spacial score (nSPS) is 12.4. The molecule has 0 aliphatic rings. The average molecular weight is 398 g/mol. The van der Waals surface area contributed by atoms with E-state index in [2.05, 4.69) is 15.5 Å². The van der Waals surface area contributed by atoms with Gasteiger partial charge < -0.3 is 0 Å². The summed E-state index contributed by atoms with van der Waals surface area (Å²) in [6.45, 7) is 5.89. The van der Waals surface area contributed by atoms with E-state index in [0.29, 0.717) is 10.7 Å². The first-order chi connectivity index (χ1) is 12.9. The van der Waals surface area contributed by atoms with E-state index in [9.17, 15) is 4.79 Å². The van der Waals surface area contributed by atoms with Gasteiger partial charge in [0.1, 0.15) is 5.15 Å². The zero-order chi connectivity index (χ0) is 19.4. The van der Waals surface area contributed by atoms with E-state index in [1.165, 1.54) is 23.5 Å². The van der Waals surface area contributed by atoms with Crippen molar-refractivity contribution in [2.75, 3.05) is 0 Å². The summed E-state index contributed by atoms with van der Waals surface area (Å²) in [6, 6.07) is 16.0. The zero-order valence-electron chi connectivity index (χ0n) is 15.4. The van der Waals surface area contributed by atoms with Crippen LogP contribution in [0.4, 0.5) is 0 Å². The molecule has 1 amide bonds. The number of benzene rings is 2. The highest BCUT2D eigenvalue weighted by atomic mass is 35.5. The first kappa shape index (κ1) is 19.4. The Morgan fingerprint density at radius 2 is 1.85 bits per heavy atom. The van der Waals surface area contributed by atoms with Crippen LogP contribution >= 0.6 is 23.4 Å². The van der Waals surface area contributed by atoms with Crippen molar-refractivity contribution in [2.24, 2.45) is 5.10 Å². The first-order valence-electron chi connectivity index (χ1n) is 8.55. The van der Waals surface area contributed by atoms with Crippen LogP contribution in [0.15, 0.2) is 58.5 Å². The Balaban J connectivity index is 1.64. The van der Waals surface area contributed by atoms with Gasteiger partial charge in [0.2, 0.25) is 0 Å². The third kappa shape index (κ3) is 5.08. The van der Waals surface area contributed by atoms with Crippen molar-refractivity contribution in [1.82, 2.24) is 10.4 Å². The van der Waals surface area contributed by atoms with Crippen molar-refractivity contribution in [2.45, 2.75) is 30.9 Å². The largest absolute Gasteiger partial charge is 0.272 e. The maximum Gasteiger partial charge on any atom is 0.253 e. The van der Waals surface area contributed by atoms with Gasteiger partial charge in [-0.2, -0.15) is 5.10 Å². The highest BCUT2D eigenvalue weighted by Crippen LogP contribution is 2.23. The number of halogens is 1. The van der Waals surface area contributed by atoms with Crippen molar-refractivity contribution in [3.8, 4) is 0 Å². The van der Waals surface area contributed by atoms with E-state index in [1.54, 1.807) is 0 Å². The van der Waals surface area contributed by atoms with E-state index in [0.717, 1.165) is 21.4 Å². The number of aryl methyl sites for hydroxylation is 2. The number of amides is 1. The highest BCUT2D eigenvalue weighted by Gasteiger charge is 2.13. The van der Waals surface area contributed by atoms with Crippen LogP contribution in [-0.4, -0.2) is 22.4 Å². The lowest BCUT2D eigenvalue weighted by Gasteiger charge is -2.09. The molecule has 2 aromatic carbocycles. The predicted molar refractivity (Wildman–Crippen MR) is 114 cm³/mol. The maximum atomic E-state index is 12.2. The molecule has 27 heavy (non-hydrogen) atoms. The van der Waals surface area contributed by atoms with Gasteiger partial charge in [-0.25, -0.2) is 10.4 Å². The van der Waals surface area contributed by atoms with Crippen LogP contribution < -0.4 is 5.43 Å². The van der Waals surface area contributed by atoms with E-state index < -0.39 is 0 Å². The van der Waals surface area contributed by atoms with E-state index in [4.69, 9.17) is 11.6 Å². The molecule has 1 heterocycles. The summed E-state index contributed by atoms with van der Waals surface area (Å²) in [6.07, 6.45) is 1.52. The Morgan fingerprint density at radius 3 is 2.59 bits per heavy atom. The molecule has 0 aliphatic heterocycles. The summed E-state index contributed by atoms with van der Waals surface area (Å²) in [5.41, 5.74) is 6.38. The Labute approximate surface area is 168 Å². The molecule has 4 nitrogen and oxygen atoms in total. The van der Waals surface area contributed by atoms with Crippen LogP contribution in [0.2, 0.25) is 5.15 Å². The Morgan fingerprint density at radius 1 is 1.15 bits per heavy atom. The number of hydrogen-bond donors (Lipinski definition) is 1. The maximum absolute atomic E-state index is 12.2. The predicted octanol–water partition coefficient (Wildman–Crippen LogP) is 5.14. The summed E-state index contributed by atoms with van der Waals surface area (Å²) < 4.78 is 0. The van der Waals surface area contributed by atoms with Gasteiger partial charge in [-0.05, 0) is 50.6 Å². The molecule has 1 aromatic heterocycles. The number of hydrazone groups is 1. The average Bonchev–Trinajstić information content (AvgIpc) is 2.64. The molecule has 0 saturated heterocycles. The van der Waals surface area contributed by atoms with Crippen molar-refractivity contribution in [1.29, 1.82) is 0 Å². The zero-order valence-corrected chi connectivity index (χ0v) is 16.9. The number of aromatic nitrogens is 1. The second-order valence-corrected chi connectivity index (χ2v) is 8.14. The second-order valence-electron chi connectivity index (χ2n) is 6.37. The minimum atomic E-state index is -0.266. The molecule has 0 unspecified atom stereocenters. The summed E-state index contributed by atoms with van der Waals surface area (Å²) in [5.74, 6) is -0.169. The summed E-state index contributed by atoms with van der Waals surface area (Å²) >= 11 is 7.72. The molecular formula is C21H20ClN3OS. The number of rotatable bonds is 5. The lowest BCUT2D eigenvalue weighted by molar-refractivity contribution is -0.120. The van der Waals surface area contributed by atoms with E-state index in [1.807, 2.05) is 69.3 Å². The molecule has 6 heteroatoms. The summed E-state index contributed by atoms with van der Waals surface area (Å²) in [5, 5.41) is 5.10. The number of carbonyl (C=O) groups is 1. The molecule has 1 atom stereocenters. The van der Waals surface area contributed by atoms with Gasteiger partial charge in [0.15, 0.2) is 0 Å². The fourth-order valence-electron chi connectivity index (χ4n) is 2.49. The van der Waals surface area contributed by atoms with Gasteiger partial charge in [0.05, 0.1) is 17.0 Å². The van der Waals surface area contributed by atoms with Gasteiger partial charge in [0, 0.05) is 15.8 Å². The third-order valence-corrected chi connectivity index (χ3v) is 5.45. The Kier molecular flexibility index (Phi) is 6.14. The van der Waals surface area contributed by atoms with Crippen LogP contribution in [-0.2, 0) is 4.79 Å². The number of nitrogens with zero attached hydrogens (tertiary/aromatic N) is 2. The topological polar surface area (TPSA) is 54.4 Å². The fraction of sp³-hybridized carbons (Fsp3) is 0.190. The van der Waals surface area contributed by atoms with Gasteiger partial charge in [-0.3, -0.25) is 4.79 Å². The molecule has 3 aromatic rings. The molecule has 0 spiro atoms. The molecule has 0 radical (unpaired) electrons. The number of pyridine rings is 1. The lowest BCUT2D eigenvalue weighted by Crippen LogP contribution is -2.26. The molecule has 0 saturated carbocycles. The minimum Gasteiger partial charge on any atom is -0.272 e. The molecule has 0 aliphatic carbocycles. The van der Waals surface area contributed by atoms with Crippen LogP contribution in [0.3, 0.4) is 0 Å². The van der Waals surface area contributed by atoms with Gasteiger partial charge in [-0.1, -0.05) is 41.4 Å². The molecule has 0 bridgehead atoms. The second kappa shape index (κ2) is 8.55. The number of fused-ring (bicyclic) bond motifs is 1. The summed E-state index contributed by atoms with van der Waals surface area (Å²) in [4.78, 5) is 17.7. The van der Waals surface area contributed by atoms with Crippen molar-refractivity contribution in [3.63, 3.8) is 0 Å². The highest BCUT2D eigenvalue weighted by molar-refractivity contribution is 8.00. The van der Waals surface area contributed by atoms with Crippen LogP contribution in [0.1, 0.15) is 23.6 Å². The van der Waals surface area contributed by atoms with Crippen molar-refractivity contribution < 1.29 is 4.79 Å². The lowest BCUT2D eigenvalue weighted by atomic mass is 10.1. The standard InChI is InChI=1S/C21H20ClN3OS/c1-13-5-8-18(9-6-13)27-15(3)21(26)25-23-12-17-11-16-7-4-14(2)10-19(16)24-20(17)22/h4-12,15H,1-3H3,(H,25,26)/b23-12-/t15-/m1/s1. The van der Waals surface area contributed by atoms with Crippen LogP contribution in [0, 0.1) is 13.8 Å². The monoisotopic (exact) mass is 397 g/mol. The van der Waals surface area contributed by atoms with Gasteiger partial charge in [0.25, 0.3) is 5.91 Å². The Hall–Kier alpha value is -2.37. The third-order valence-electron chi connectivity index (χ3n) is 4.04. The quantitative estimate of drug-likeness (QED) is 0.281. The van der Waals surface area contributed by atoms with Crippen LogP contribution in [0.5, 0.6) is 0 Å². The Bertz CT molecular complexity index is 1000. The smallest absolute Gasteiger partial charge is 0.253 e. The van der Waals surface area contributed by atoms with Crippen molar-refractivity contribution >= 4 is 46.4 Å². The summed E-state index contributed by atoms with van der Waals surface area (Å²) in [7, 11) is 0. The number of nitrogens with one attached hydrogen (secondary N) is 1. The number of hydrogen-bond acceptors (Lipinski definition) is 4. The molecule has 138 valence electrons. The van der Waals surface area contributed by atoms with E-state index >= 15 is 0 Å². The van der Waals surface area contributed by atoms with Gasteiger partial charge in [-0.15, -0.1) is 11.8 Å². The fourth-order valence-corrected chi connectivity index (χ4v) is 3.55. The molecule has 3 rings (SSSR count). The van der Waals surface area contributed by atoms with Crippen molar-refractivity contribution in [3.05, 3.63) is 70.4 Å². The minimum absolute atomic E-state index is 0.169. The molecular weight excluding hydrogens is 378 g/mol. The number of thioether (sulfide) groups is 1. The first-order valence-corrected chi connectivity index (χ1v) is 9.81. The van der Waals surface area contributed by atoms with Gasteiger partial charge >= 0.3 is 0 Å². The van der Waals surface area contributed by atoms with E-state index in [-0.39, 0.29) is 11.2 Å². The SMILES string of the molecule is Cc1ccc(S[C@H](C)C(=O)N/N=C\c2cc3ccc(C)cc3nc2Cl)cc1.